The van der Waals surface area contributed by atoms with Gasteiger partial charge in [-0.05, 0) is 97.9 Å². The lowest BCUT2D eigenvalue weighted by molar-refractivity contribution is -0.163. The van der Waals surface area contributed by atoms with Gasteiger partial charge in [-0.25, -0.2) is 8.78 Å². The van der Waals surface area contributed by atoms with Crippen LogP contribution in [-0.4, -0.2) is 67.0 Å². The van der Waals surface area contributed by atoms with Crippen molar-refractivity contribution in [2.75, 3.05) is 33.0 Å². The number of benzene rings is 2. The molecular formula is C42H48Cl2F2N2O6. The van der Waals surface area contributed by atoms with Crippen LogP contribution < -0.4 is 0 Å². The number of aliphatic hydroxyl groups is 1. The van der Waals surface area contributed by atoms with Crippen molar-refractivity contribution >= 4 is 29.5 Å². The number of aliphatic hydroxyl groups excluding tert-OH is 1. The number of pyridine rings is 2. The summed E-state index contributed by atoms with van der Waals surface area (Å²) in [6.07, 6.45) is 12.3. The van der Waals surface area contributed by atoms with Gasteiger partial charge in [0, 0.05) is 50.1 Å². The Balaban J connectivity index is 0.000000208. The maximum absolute atomic E-state index is 14.0. The second-order valence-electron chi connectivity index (χ2n) is 13.5. The minimum absolute atomic E-state index is 0.00412. The molecule has 54 heavy (non-hydrogen) atoms. The smallest absolute Gasteiger partial charge is 0.157 e. The van der Waals surface area contributed by atoms with Gasteiger partial charge < -0.3 is 28.8 Å². The fraction of sp³-hybridized carbons (Fsp3) is 0.452. The lowest BCUT2D eigenvalue weighted by atomic mass is 10.0. The zero-order valence-corrected chi connectivity index (χ0v) is 31.8. The van der Waals surface area contributed by atoms with E-state index >= 15 is 0 Å². The minimum atomic E-state index is -0.406. The van der Waals surface area contributed by atoms with Gasteiger partial charge in [-0.2, -0.15) is 0 Å². The van der Waals surface area contributed by atoms with Crippen LogP contribution in [0.5, 0.6) is 0 Å². The Bertz CT molecular complexity index is 1720. The highest BCUT2D eigenvalue weighted by molar-refractivity contribution is 6.31. The Kier molecular flexibility index (Phi) is 17.2. The Hall–Kier alpha value is -3.35. The number of ether oxygens (including phenoxy) is 4. The molecule has 12 heteroatoms. The molecule has 2 aromatic heterocycles. The highest BCUT2D eigenvalue weighted by Gasteiger charge is 2.19. The van der Waals surface area contributed by atoms with Crippen LogP contribution >= 0.6 is 23.2 Å². The van der Waals surface area contributed by atoms with Gasteiger partial charge in [0.1, 0.15) is 17.9 Å². The molecule has 8 nitrogen and oxygen atoms in total. The monoisotopic (exact) mass is 784 g/mol. The zero-order valence-electron chi connectivity index (χ0n) is 30.3. The van der Waals surface area contributed by atoms with E-state index in [0.717, 1.165) is 74.8 Å². The van der Waals surface area contributed by atoms with E-state index in [-0.39, 0.29) is 41.1 Å². The molecule has 2 fully saturated rings. The van der Waals surface area contributed by atoms with Crippen molar-refractivity contribution in [1.29, 1.82) is 0 Å². The van der Waals surface area contributed by atoms with Gasteiger partial charge in [0.05, 0.1) is 41.5 Å². The van der Waals surface area contributed by atoms with Crippen LogP contribution in [0.25, 0.3) is 0 Å². The molecule has 290 valence electrons. The number of hydrogen-bond donors (Lipinski definition) is 1. The van der Waals surface area contributed by atoms with Crippen molar-refractivity contribution in [3.05, 3.63) is 128 Å². The quantitative estimate of drug-likeness (QED) is 0.112. The molecule has 2 aromatic carbocycles. The Morgan fingerprint density at radius 1 is 0.741 bits per heavy atom. The lowest BCUT2D eigenvalue weighted by Gasteiger charge is -2.23. The van der Waals surface area contributed by atoms with E-state index in [1.165, 1.54) is 12.1 Å². The van der Waals surface area contributed by atoms with E-state index in [2.05, 4.69) is 9.97 Å². The SMILES string of the molecule is O=CC(CCOC1CCCCO1)c1ccc(Cc2cccc(Cl)c2F)cn1.OCC(CCOC1CCCCO1)c1ccc(Cc2cccc(Cl)c2F)cn1. The number of carbonyl (C=O) groups excluding carboxylic acids is 1. The molecule has 4 aromatic rings. The van der Waals surface area contributed by atoms with Crippen molar-refractivity contribution in [2.45, 2.75) is 88.6 Å². The average molecular weight is 786 g/mol. The van der Waals surface area contributed by atoms with Gasteiger partial charge in [-0.3, -0.25) is 9.97 Å². The van der Waals surface area contributed by atoms with Gasteiger partial charge in [0.25, 0.3) is 0 Å². The molecule has 0 amide bonds. The van der Waals surface area contributed by atoms with Crippen molar-refractivity contribution in [1.82, 2.24) is 9.97 Å². The lowest BCUT2D eigenvalue weighted by Crippen LogP contribution is -2.23. The summed E-state index contributed by atoms with van der Waals surface area (Å²) in [4.78, 5) is 20.3. The fourth-order valence-corrected chi connectivity index (χ4v) is 6.71. The van der Waals surface area contributed by atoms with Gasteiger partial charge in [-0.15, -0.1) is 0 Å². The predicted octanol–water partition coefficient (Wildman–Crippen LogP) is 9.15. The molecule has 0 bridgehead atoms. The van der Waals surface area contributed by atoms with Crippen LogP contribution in [0.3, 0.4) is 0 Å². The summed E-state index contributed by atoms with van der Waals surface area (Å²) in [6, 6.07) is 17.4. The van der Waals surface area contributed by atoms with Gasteiger partial charge in [0.2, 0.25) is 0 Å². The number of aromatic nitrogens is 2. The molecule has 1 N–H and O–H groups in total. The standard InChI is InChI=1S/C21H25ClFNO3.C21H23ClFNO3/c2*22-18-5-3-4-16(21(18)23)12-15-7-8-19(24-13-15)17(14-25)9-11-27-20-6-1-2-10-26-20/h3-5,7-8,13,17,20,25H,1-2,6,9-12,14H2;3-5,7-8,13-14,17,20H,1-2,6,9-12H2. The Labute approximate surface area is 326 Å². The molecule has 2 aliphatic heterocycles. The first-order valence-electron chi connectivity index (χ1n) is 18.6. The van der Waals surface area contributed by atoms with Crippen LogP contribution in [0.1, 0.15) is 96.8 Å². The Morgan fingerprint density at radius 2 is 1.26 bits per heavy atom. The Morgan fingerprint density at radius 3 is 1.70 bits per heavy atom. The molecule has 0 spiro atoms. The van der Waals surface area contributed by atoms with Gasteiger partial charge in [0.15, 0.2) is 12.6 Å². The summed E-state index contributed by atoms with van der Waals surface area (Å²) in [6.45, 7) is 2.46. The van der Waals surface area contributed by atoms with E-state index in [1.807, 2.05) is 24.3 Å². The first-order chi connectivity index (χ1) is 26.3. The number of nitrogens with zero attached hydrogens (tertiary/aromatic N) is 2. The molecule has 0 aliphatic carbocycles. The van der Waals surface area contributed by atoms with Crippen LogP contribution in [0.4, 0.5) is 8.78 Å². The highest BCUT2D eigenvalue weighted by Crippen LogP contribution is 2.25. The topological polar surface area (TPSA) is 100 Å². The normalized spacial score (nSPS) is 18.3. The van der Waals surface area contributed by atoms with Crippen LogP contribution in [-0.2, 0) is 36.6 Å². The number of aldehydes is 1. The zero-order chi connectivity index (χ0) is 38.1. The van der Waals surface area contributed by atoms with E-state index in [4.69, 9.17) is 42.1 Å². The molecule has 0 saturated carbocycles. The van der Waals surface area contributed by atoms with E-state index < -0.39 is 11.6 Å². The van der Waals surface area contributed by atoms with E-state index in [9.17, 15) is 18.7 Å². The maximum Gasteiger partial charge on any atom is 0.157 e. The van der Waals surface area contributed by atoms with Crippen molar-refractivity contribution in [3.63, 3.8) is 0 Å². The third-order valence-electron chi connectivity index (χ3n) is 9.51. The number of carbonyl (C=O) groups is 1. The second kappa shape index (κ2) is 22.3. The summed E-state index contributed by atoms with van der Waals surface area (Å²) in [5.74, 6) is -1.22. The number of hydrogen-bond acceptors (Lipinski definition) is 8. The molecule has 2 saturated heterocycles. The summed E-state index contributed by atoms with van der Waals surface area (Å²) in [5, 5.41) is 9.93. The van der Waals surface area contributed by atoms with Gasteiger partial charge >= 0.3 is 0 Å². The first-order valence-corrected chi connectivity index (χ1v) is 19.4. The summed E-state index contributed by atoms with van der Waals surface area (Å²) >= 11 is 11.7. The number of rotatable bonds is 16. The summed E-state index contributed by atoms with van der Waals surface area (Å²) < 4.78 is 50.6. The van der Waals surface area contributed by atoms with Crippen molar-refractivity contribution in [2.24, 2.45) is 0 Å². The van der Waals surface area contributed by atoms with Crippen molar-refractivity contribution in [3.8, 4) is 0 Å². The van der Waals surface area contributed by atoms with Gasteiger partial charge in [-0.1, -0.05) is 59.6 Å². The minimum Gasteiger partial charge on any atom is -0.396 e. The molecule has 4 heterocycles. The largest absolute Gasteiger partial charge is 0.396 e. The van der Waals surface area contributed by atoms with Crippen LogP contribution in [0, 0.1) is 11.6 Å². The van der Waals surface area contributed by atoms with Crippen molar-refractivity contribution < 1.29 is 37.6 Å². The number of halogens is 4. The molecule has 4 unspecified atom stereocenters. The third-order valence-corrected chi connectivity index (χ3v) is 10.1. The summed E-state index contributed by atoms with van der Waals surface area (Å²) in [5.41, 5.74) is 4.30. The second-order valence-corrected chi connectivity index (χ2v) is 14.3. The first kappa shape index (κ1) is 41.8. The maximum atomic E-state index is 14.0. The fourth-order valence-electron chi connectivity index (χ4n) is 6.32. The molecule has 2 aliphatic rings. The predicted molar refractivity (Wildman–Crippen MR) is 204 cm³/mol. The van der Waals surface area contributed by atoms with E-state index in [1.54, 1.807) is 36.7 Å². The van der Waals surface area contributed by atoms with E-state index in [0.29, 0.717) is 55.7 Å². The third kappa shape index (κ3) is 12.9. The molecule has 0 radical (unpaired) electrons. The highest BCUT2D eigenvalue weighted by atomic mass is 35.5. The molecule has 6 rings (SSSR count). The average Bonchev–Trinajstić information content (AvgIpc) is 3.20. The molecule has 4 atom stereocenters. The summed E-state index contributed by atoms with van der Waals surface area (Å²) in [7, 11) is 0. The molecular weight excluding hydrogens is 737 g/mol. The van der Waals surface area contributed by atoms with Crippen LogP contribution in [0.2, 0.25) is 10.0 Å². The van der Waals surface area contributed by atoms with Crippen LogP contribution in [0.15, 0.2) is 73.1 Å².